The van der Waals surface area contributed by atoms with Crippen LogP contribution >= 0.6 is 0 Å². The van der Waals surface area contributed by atoms with Crippen LogP contribution in [0.5, 0.6) is 0 Å². The van der Waals surface area contributed by atoms with Gasteiger partial charge in [-0.05, 0) is 25.1 Å². The SMILES string of the molecule is C=CCN/C(=C/C(=N\CC(C)C)C(=C)C)N=C. The first-order chi connectivity index (χ1) is 8.01. The molecule has 0 aliphatic carbocycles. The Balaban J connectivity index is 4.86. The number of allylic oxidation sites excluding steroid dienone is 2. The average molecular weight is 233 g/mol. The predicted molar refractivity (Wildman–Crippen MR) is 77.8 cm³/mol. The molecule has 0 rings (SSSR count). The molecule has 94 valence electrons. The predicted octanol–water partition coefficient (Wildman–Crippen LogP) is 2.98. The van der Waals surface area contributed by atoms with Crippen molar-refractivity contribution in [2.75, 3.05) is 13.1 Å². The van der Waals surface area contributed by atoms with Crippen molar-refractivity contribution in [3.63, 3.8) is 0 Å². The molecule has 0 aliphatic heterocycles. The first-order valence-electron chi connectivity index (χ1n) is 5.74. The molecule has 1 N–H and O–H groups in total. The van der Waals surface area contributed by atoms with Crippen molar-refractivity contribution in [3.05, 3.63) is 36.7 Å². The molecule has 0 heterocycles. The third kappa shape index (κ3) is 7.28. The maximum Gasteiger partial charge on any atom is 0.127 e. The van der Waals surface area contributed by atoms with E-state index in [2.05, 4.69) is 49.0 Å². The van der Waals surface area contributed by atoms with E-state index in [-0.39, 0.29) is 0 Å². The fourth-order valence-electron chi connectivity index (χ4n) is 1.04. The number of nitrogens with zero attached hydrogens (tertiary/aromatic N) is 2. The fourth-order valence-corrected chi connectivity index (χ4v) is 1.04. The van der Waals surface area contributed by atoms with Gasteiger partial charge < -0.3 is 5.32 Å². The Labute approximate surface area is 105 Å². The molecular formula is C14H23N3. The lowest BCUT2D eigenvalue weighted by atomic mass is 10.2. The number of hydrogen-bond acceptors (Lipinski definition) is 3. The zero-order valence-corrected chi connectivity index (χ0v) is 11.2. The van der Waals surface area contributed by atoms with Gasteiger partial charge in [-0.2, -0.15) is 0 Å². The van der Waals surface area contributed by atoms with Gasteiger partial charge in [0.15, 0.2) is 0 Å². The summed E-state index contributed by atoms with van der Waals surface area (Å²) in [5.74, 6) is 1.22. The van der Waals surface area contributed by atoms with Crippen LogP contribution in [-0.4, -0.2) is 25.5 Å². The first kappa shape index (κ1) is 15.4. The monoisotopic (exact) mass is 233 g/mol. The lowest BCUT2D eigenvalue weighted by Crippen LogP contribution is -2.13. The van der Waals surface area contributed by atoms with Crippen molar-refractivity contribution in [3.8, 4) is 0 Å². The van der Waals surface area contributed by atoms with Crippen molar-refractivity contribution in [1.29, 1.82) is 0 Å². The van der Waals surface area contributed by atoms with Crippen LogP contribution in [0, 0.1) is 5.92 Å². The van der Waals surface area contributed by atoms with E-state index in [0.717, 1.165) is 17.8 Å². The molecule has 0 radical (unpaired) electrons. The summed E-state index contributed by atoms with van der Waals surface area (Å²) in [7, 11) is 0. The summed E-state index contributed by atoms with van der Waals surface area (Å²) in [4.78, 5) is 8.41. The molecule has 0 fully saturated rings. The average Bonchev–Trinajstić information content (AvgIpc) is 2.27. The van der Waals surface area contributed by atoms with Gasteiger partial charge in [-0.15, -0.1) is 6.58 Å². The van der Waals surface area contributed by atoms with Gasteiger partial charge in [-0.1, -0.05) is 26.5 Å². The fraction of sp³-hybridized carbons (Fsp3) is 0.429. The molecule has 0 saturated carbocycles. The Hall–Kier alpha value is -1.64. The molecular weight excluding hydrogens is 210 g/mol. The molecule has 0 aromatic heterocycles. The standard InChI is InChI=1S/C14H23N3/c1-7-8-16-14(15-6)9-13(12(4)5)17-10-11(2)3/h7,9,11,16H,1,4,6,8,10H2,2-3,5H3/b14-9+,17-13+. The van der Waals surface area contributed by atoms with Crippen LogP contribution in [0.1, 0.15) is 20.8 Å². The summed E-state index contributed by atoms with van der Waals surface area (Å²) < 4.78 is 0. The minimum Gasteiger partial charge on any atom is -0.367 e. The maximum atomic E-state index is 4.51. The highest BCUT2D eigenvalue weighted by atomic mass is 15.0. The number of hydrogen-bond donors (Lipinski definition) is 1. The zero-order valence-electron chi connectivity index (χ0n) is 11.2. The third-order valence-corrected chi connectivity index (χ3v) is 1.94. The molecule has 0 saturated heterocycles. The number of aliphatic imine (C=N–C) groups is 2. The van der Waals surface area contributed by atoms with Gasteiger partial charge in [0.05, 0.1) is 5.71 Å². The van der Waals surface area contributed by atoms with E-state index < -0.39 is 0 Å². The molecule has 0 unspecified atom stereocenters. The maximum absolute atomic E-state index is 4.51. The first-order valence-corrected chi connectivity index (χ1v) is 5.74. The summed E-state index contributed by atoms with van der Waals surface area (Å²) in [5, 5.41) is 3.08. The van der Waals surface area contributed by atoms with Crippen molar-refractivity contribution >= 4 is 12.4 Å². The van der Waals surface area contributed by atoms with Crippen molar-refractivity contribution in [1.82, 2.24) is 5.32 Å². The number of nitrogens with one attached hydrogen (secondary N) is 1. The number of rotatable bonds is 8. The summed E-state index contributed by atoms with van der Waals surface area (Å²) in [6.07, 6.45) is 3.63. The summed E-state index contributed by atoms with van der Waals surface area (Å²) >= 11 is 0. The quantitative estimate of drug-likeness (QED) is 0.508. The van der Waals surface area contributed by atoms with Gasteiger partial charge >= 0.3 is 0 Å². The van der Waals surface area contributed by atoms with E-state index in [0.29, 0.717) is 18.3 Å². The molecule has 17 heavy (non-hydrogen) atoms. The van der Waals surface area contributed by atoms with Gasteiger partial charge in [0.1, 0.15) is 5.82 Å². The van der Waals surface area contributed by atoms with Crippen LogP contribution in [0.25, 0.3) is 0 Å². The Bertz CT molecular complexity index is 335. The lowest BCUT2D eigenvalue weighted by Gasteiger charge is -2.07. The third-order valence-electron chi connectivity index (χ3n) is 1.94. The van der Waals surface area contributed by atoms with Crippen LogP contribution in [-0.2, 0) is 0 Å². The molecule has 0 aliphatic rings. The largest absolute Gasteiger partial charge is 0.367 e. The molecule has 0 bridgehead atoms. The van der Waals surface area contributed by atoms with E-state index in [9.17, 15) is 0 Å². The second kappa shape index (κ2) is 8.50. The minimum absolute atomic E-state index is 0.527. The Morgan fingerprint density at radius 1 is 1.41 bits per heavy atom. The van der Waals surface area contributed by atoms with Crippen molar-refractivity contribution < 1.29 is 0 Å². The summed E-state index contributed by atoms with van der Waals surface area (Å²) in [6, 6.07) is 0. The summed E-state index contributed by atoms with van der Waals surface area (Å²) in [5.41, 5.74) is 1.78. The van der Waals surface area contributed by atoms with Crippen molar-refractivity contribution in [2.45, 2.75) is 20.8 Å². The molecule has 0 atom stereocenters. The van der Waals surface area contributed by atoms with Gasteiger partial charge in [0, 0.05) is 19.2 Å². The molecule has 0 aromatic carbocycles. The van der Waals surface area contributed by atoms with Crippen LogP contribution < -0.4 is 5.32 Å². The van der Waals surface area contributed by atoms with Gasteiger partial charge in [-0.25, -0.2) is 4.99 Å². The van der Waals surface area contributed by atoms with Gasteiger partial charge in [-0.3, -0.25) is 4.99 Å². The van der Waals surface area contributed by atoms with Gasteiger partial charge in [0.25, 0.3) is 0 Å². The highest BCUT2D eigenvalue weighted by Crippen LogP contribution is 2.02. The molecule has 0 amide bonds. The second-order valence-corrected chi connectivity index (χ2v) is 4.26. The molecule has 0 spiro atoms. The van der Waals surface area contributed by atoms with E-state index in [1.807, 2.05) is 13.0 Å². The van der Waals surface area contributed by atoms with E-state index in [4.69, 9.17) is 0 Å². The zero-order chi connectivity index (χ0) is 13.3. The Morgan fingerprint density at radius 3 is 2.47 bits per heavy atom. The molecule has 3 nitrogen and oxygen atoms in total. The summed E-state index contributed by atoms with van der Waals surface area (Å²) in [6.45, 7) is 18.7. The Morgan fingerprint density at radius 2 is 2.06 bits per heavy atom. The normalized spacial score (nSPS) is 12.5. The van der Waals surface area contributed by atoms with Crippen LogP contribution in [0.2, 0.25) is 0 Å². The highest BCUT2D eigenvalue weighted by molar-refractivity contribution is 6.07. The molecule has 0 aromatic rings. The minimum atomic E-state index is 0.527. The van der Waals surface area contributed by atoms with E-state index >= 15 is 0 Å². The van der Waals surface area contributed by atoms with Crippen LogP contribution in [0.15, 0.2) is 46.7 Å². The van der Waals surface area contributed by atoms with Crippen LogP contribution in [0.3, 0.4) is 0 Å². The Kier molecular flexibility index (Phi) is 7.68. The second-order valence-electron chi connectivity index (χ2n) is 4.26. The van der Waals surface area contributed by atoms with E-state index in [1.54, 1.807) is 6.08 Å². The topological polar surface area (TPSA) is 36.8 Å². The lowest BCUT2D eigenvalue weighted by molar-refractivity contribution is 0.666. The molecule has 3 heteroatoms. The van der Waals surface area contributed by atoms with E-state index in [1.165, 1.54) is 0 Å². The van der Waals surface area contributed by atoms with Crippen molar-refractivity contribution in [2.24, 2.45) is 15.9 Å². The smallest absolute Gasteiger partial charge is 0.127 e. The van der Waals surface area contributed by atoms with Gasteiger partial charge in [0.2, 0.25) is 0 Å². The van der Waals surface area contributed by atoms with Crippen LogP contribution in [0.4, 0.5) is 0 Å². The highest BCUT2D eigenvalue weighted by Gasteiger charge is 2.00.